The molecule has 1 aliphatic rings. The third-order valence-electron chi connectivity index (χ3n) is 5.43. The Labute approximate surface area is 186 Å². The van der Waals surface area contributed by atoms with Crippen molar-refractivity contribution in [2.75, 3.05) is 20.1 Å². The van der Waals surface area contributed by atoms with Gasteiger partial charge in [0.2, 0.25) is 10.0 Å². The molecular formula is C20H24ClN3O4S2. The first kappa shape index (κ1) is 23.1. The molecule has 7 nitrogen and oxygen atoms in total. The molecule has 0 aromatic heterocycles. The van der Waals surface area contributed by atoms with Gasteiger partial charge in [0.15, 0.2) is 0 Å². The molecule has 1 fully saturated rings. The van der Waals surface area contributed by atoms with Crippen molar-refractivity contribution in [3.63, 3.8) is 0 Å². The van der Waals surface area contributed by atoms with Crippen molar-refractivity contribution < 1.29 is 18.4 Å². The van der Waals surface area contributed by atoms with Crippen molar-refractivity contribution in [2.45, 2.75) is 40.1 Å². The minimum absolute atomic E-state index is 0.0963. The summed E-state index contributed by atoms with van der Waals surface area (Å²) in [5.74, 6) is -0.759. The topological polar surface area (TPSA) is 90.0 Å². The maximum atomic E-state index is 13.3. The van der Waals surface area contributed by atoms with Crippen LogP contribution in [0.5, 0.6) is 0 Å². The van der Waals surface area contributed by atoms with E-state index in [0.29, 0.717) is 11.6 Å². The molecule has 2 aromatic carbocycles. The first-order valence-electron chi connectivity index (χ1n) is 9.28. The van der Waals surface area contributed by atoms with Crippen LogP contribution >= 0.6 is 23.4 Å². The van der Waals surface area contributed by atoms with Gasteiger partial charge in [-0.1, -0.05) is 23.4 Å². The van der Waals surface area contributed by atoms with Gasteiger partial charge >= 0.3 is 0 Å². The van der Waals surface area contributed by atoms with Crippen LogP contribution in [0.1, 0.15) is 13.8 Å². The number of nitrogens with one attached hydrogen (secondary N) is 1. The fourth-order valence-electron chi connectivity index (χ4n) is 3.45. The van der Waals surface area contributed by atoms with Gasteiger partial charge in [0, 0.05) is 33.4 Å². The molecule has 162 valence electrons. The van der Waals surface area contributed by atoms with Crippen LogP contribution in [0.15, 0.2) is 63.2 Å². The van der Waals surface area contributed by atoms with Gasteiger partial charge in [-0.15, -0.1) is 0 Å². The molecule has 3 rings (SSSR count). The molecule has 2 aromatic rings. The Morgan fingerprint density at radius 2 is 1.63 bits per heavy atom. The van der Waals surface area contributed by atoms with Crippen molar-refractivity contribution in [2.24, 2.45) is 0 Å². The fourth-order valence-corrected chi connectivity index (χ4v) is 6.10. The average Bonchev–Trinajstić information content (AvgIpc) is 2.71. The van der Waals surface area contributed by atoms with Gasteiger partial charge < -0.3 is 0 Å². The van der Waals surface area contributed by atoms with Crippen LogP contribution in [-0.2, 0) is 14.8 Å². The van der Waals surface area contributed by atoms with Crippen molar-refractivity contribution in [1.82, 2.24) is 14.7 Å². The summed E-state index contributed by atoms with van der Waals surface area (Å²) >= 11 is 7.39. The van der Waals surface area contributed by atoms with Crippen LogP contribution < -0.4 is 5.48 Å². The van der Waals surface area contributed by atoms with Crippen molar-refractivity contribution in [3.8, 4) is 0 Å². The Morgan fingerprint density at radius 1 is 1.10 bits per heavy atom. The second-order valence-corrected chi connectivity index (χ2v) is 11.1. The maximum absolute atomic E-state index is 13.3. The quantitative estimate of drug-likeness (QED) is 0.516. The molecule has 2 N–H and O–H groups in total. The van der Waals surface area contributed by atoms with E-state index in [1.54, 1.807) is 43.6 Å². The monoisotopic (exact) mass is 469 g/mol. The number of carbonyl (C=O) groups excluding carboxylic acids is 1. The summed E-state index contributed by atoms with van der Waals surface area (Å²) in [7, 11) is -2.12. The lowest BCUT2D eigenvalue weighted by molar-refractivity contribution is -0.140. The smallest absolute Gasteiger partial charge is 0.263 e. The van der Waals surface area contributed by atoms with E-state index in [1.807, 2.05) is 24.1 Å². The highest BCUT2D eigenvalue weighted by atomic mass is 35.5. The molecule has 30 heavy (non-hydrogen) atoms. The minimum Gasteiger partial charge on any atom is -0.298 e. The second-order valence-electron chi connectivity index (χ2n) is 7.60. The first-order valence-corrected chi connectivity index (χ1v) is 11.9. The van der Waals surface area contributed by atoms with E-state index in [4.69, 9.17) is 11.6 Å². The van der Waals surface area contributed by atoms with Crippen LogP contribution in [0.4, 0.5) is 0 Å². The molecule has 0 saturated carbocycles. The summed E-state index contributed by atoms with van der Waals surface area (Å²) in [5, 5.41) is 9.85. The fraction of sp³-hybridized carbons (Fsp3) is 0.350. The Hall–Kier alpha value is -1.62. The number of piperazine rings is 1. The summed E-state index contributed by atoms with van der Waals surface area (Å²) in [5.41, 5.74) is 0.817. The number of hydrogen-bond donors (Lipinski definition) is 2. The van der Waals surface area contributed by atoms with Gasteiger partial charge in [-0.05, 0) is 69.4 Å². The molecule has 1 aliphatic heterocycles. The van der Waals surface area contributed by atoms with E-state index in [9.17, 15) is 18.4 Å². The zero-order valence-corrected chi connectivity index (χ0v) is 19.3. The van der Waals surface area contributed by atoms with Gasteiger partial charge in [0.1, 0.15) is 6.04 Å². The van der Waals surface area contributed by atoms with Gasteiger partial charge in [-0.2, -0.15) is 4.31 Å². The first-order chi connectivity index (χ1) is 14.1. The summed E-state index contributed by atoms with van der Waals surface area (Å²) in [6, 6.07) is 12.8. The number of carbonyl (C=O) groups is 1. The molecule has 1 atom stereocenters. The van der Waals surface area contributed by atoms with Crippen LogP contribution in [0.3, 0.4) is 0 Å². The number of likely N-dealkylation sites (N-methyl/N-ethyl adjacent to an activating group) is 1. The Kier molecular flexibility index (Phi) is 6.81. The highest BCUT2D eigenvalue weighted by Gasteiger charge is 2.50. The summed E-state index contributed by atoms with van der Waals surface area (Å²) < 4.78 is 27.9. The number of benzene rings is 2. The summed E-state index contributed by atoms with van der Waals surface area (Å²) in [6.45, 7) is 4.16. The number of hydrogen-bond acceptors (Lipinski definition) is 6. The van der Waals surface area contributed by atoms with E-state index >= 15 is 0 Å². The predicted octanol–water partition coefficient (Wildman–Crippen LogP) is 3.08. The zero-order chi connectivity index (χ0) is 22.1. The molecule has 1 saturated heterocycles. The third kappa shape index (κ3) is 4.51. The standard InChI is InChI=1S/C20H24ClN3O4S2/c1-20(2)18(19(25)22-26)24(13-12-23(20)3)30(27,28)17-10-8-16(9-11-17)29-15-6-4-14(21)5-7-15/h4-11,18,26H,12-13H2,1-3H3,(H,22,25)/t18-/m0/s1. The summed E-state index contributed by atoms with van der Waals surface area (Å²) in [6.07, 6.45) is 0. The van der Waals surface area contributed by atoms with Crippen molar-refractivity contribution in [3.05, 3.63) is 53.6 Å². The minimum atomic E-state index is -3.95. The van der Waals surface area contributed by atoms with Gasteiger partial charge in [-0.25, -0.2) is 13.9 Å². The van der Waals surface area contributed by atoms with E-state index in [-0.39, 0.29) is 11.4 Å². The number of nitrogens with zero attached hydrogens (tertiary/aromatic N) is 2. The SMILES string of the molecule is CN1CCN(S(=O)(=O)c2ccc(Sc3ccc(Cl)cc3)cc2)[C@@H](C(=O)NO)C1(C)C. The molecular weight excluding hydrogens is 446 g/mol. The lowest BCUT2D eigenvalue weighted by Crippen LogP contribution is -2.69. The number of rotatable bonds is 5. The Morgan fingerprint density at radius 3 is 2.17 bits per heavy atom. The number of amides is 1. The maximum Gasteiger partial charge on any atom is 0.263 e. The third-order valence-corrected chi connectivity index (χ3v) is 8.58. The lowest BCUT2D eigenvalue weighted by Gasteiger charge is -2.49. The Balaban J connectivity index is 1.88. The predicted molar refractivity (Wildman–Crippen MR) is 116 cm³/mol. The highest BCUT2D eigenvalue weighted by molar-refractivity contribution is 7.99. The van der Waals surface area contributed by atoms with Gasteiger partial charge in [0.25, 0.3) is 5.91 Å². The second kappa shape index (κ2) is 8.86. The van der Waals surface area contributed by atoms with E-state index in [2.05, 4.69) is 0 Å². The van der Waals surface area contributed by atoms with Crippen LogP contribution in [-0.4, -0.2) is 60.5 Å². The van der Waals surface area contributed by atoms with E-state index in [0.717, 1.165) is 9.79 Å². The van der Waals surface area contributed by atoms with E-state index < -0.39 is 27.5 Å². The number of hydroxylamine groups is 1. The van der Waals surface area contributed by atoms with Gasteiger partial charge in [0.05, 0.1) is 4.90 Å². The van der Waals surface area contributed by atoms with Crippen LogP contribution in [0.25, 0.3) is 0 Å². The number of sulfonamides is 1. The summed E-state index contributed by atoms with van der Waals surface area (Å²) in [4.78, 5) is 16.3. The zero-order valence-electron chi connectivity index (χ0n) is 16.9. The van der Waals surface area contributed by atoms with Crippen LogP contribution in [0, 0.1) is 0 Å². The van der Waals surface area contributed by atoms with Crippen molar-refractivity contribution >= 4 is 39.3 Å². The normalized spacial score (nSPS) is 20.1. The molecule has 1 amide bonds. The number of halogens is 1. The molecule has 0 aliphatic carbocycles. The van der Waals surface area contributed by atoms with Crippen LogP contribution in [0.2, 0.25) is 5.02 Å². The van der Waals surface area contributed by atoms with E-state index in [1.165, 1.54) is 28.2 Å². The lowest BCUT2D eigenvalue weighted by atomic mass is 9.90. The molecule has 10 heteroatoms. The van der Waals surface area contributed by atoms with Crippen molar-refractivity contribution in [1.29, 1.82) is 0 Å². The molecule has 1 heterocycles. The van der Waals surface area contributed by atoms with Gasteiger partial charge in [-0.3, -0.25) is 14.9 Å². The molecule has 0 unspecified atom stereocenters. The Bertz CT molecular complexity index is 1010. The molecule has 0 spiro atoms. The molecule has 0 bridgehead atoms. The highest BCUT2D eigenvalue weighted by Crippen LogP contribution is 2.33. The largest absolute Gasteiger partial charge is 0.298 e. The average molecular weight is 470 g/mol. The molecule has 0 radical (unpaired) electrons.